The van der Waals surface area contributed by atoms with Gasteiger partial charge in [-0.25, -0.2) is 4.79 Å². The highest BCUT2D eigenvalue weighted by atomic mass is 16.6. The van der Waals surface area contributed by atoms with Crippen LogP contribution in [0, 0.1) is 0 Å². The Balaban J connectivity index is 1.88. The molecule has 2 heterocycles. The molecule has 0 atom stereocenters. The average Bonchev–Trinajstić information content (AvgIpc) is 2.79. The van der Waals surface area contributed by atoms with Crippen molar-refractivity contribution in [3.05, 3.63) is 58.5 Å². The summed E-state index contributed by atoms with van der Waals surface area (Å²) in [5.41, 5.74) is -0.318. The van der Waals surface area contributed by atoms with Gasteiger partial charge in [-0.15, -0.1) is 0 Å². The van der Waals surface area contributed by atoms with E-state index in [1.165, 1.54) is 10.6 Å². The number of nitrogens with zero attached hydrogens (tertiary/aromatic N) is 3. The number of carbonyl (C=O) groups is 2. The molecule has 190 valence electrons. The number of benzene rings is 1. The third-order valence-electron chi connectivity index (χ3n) is 6.35. The number of aromatic nitrogens is 1. The van der Waals surface area contributed by atoms with Gasteiger partial charge in [-0.2, -0.15) is 0 Å². The number of hydrogen-bond acceptors (Lipinski definition) is 5. The van der Waals surface area contributed by atoms with Crippen LogP contribution in [0.15, 0.2) is 47.4 Å². The summed E-state index contributed by atoms with van der Waals surface area (Å²) in [5, 5.41) is 11.3. The molecular weight excluding hydrogens is 446 g/mol. The van der Waals surface area contributed by atoms with Crippen LogP contribution in [0.5, 0.6) is 0 Å². The van der Waals surface area contributed by atoms with Crippen LogP contribution in [0.4, 0.5) is 4.79 Å². The topological polar surface area (TPSA) is 92.1 Å². The molecule has 0 radical (unpaired) electrons. The summed E-state index contributed by atoms with van der Waals surface area (Å²) in [6, 6.07) is 10.8. The van der Waals surface area contributed by atoms with Gasteiger partial charge in [0.25, 0.3) is 11.5 Å². The van der Waals surface area contributed by atoms with Crippen LogP contribution in [-0.4, -0.2) is 68.9 Å². The Morgan fingerprint density at radius 2 is 1.74 bits per heavy atom. The van der Waals surface area contributed by atoms with Gasteiger partial charge in [-0.1, -0.05) is 30.3 Å². The number of likely N-dealkylation sites (tertiary alicyclic amines) is 1. The van der Waals surface area contributed by atoms with Crippen molar-refractivity contribution in [1.29, 1.82) is 0 Å². The molecule has 1 aliphatic heterocycles. The number of rotatable bonds is 5. The van der Waals surface area contributed by atoms with E-state index in [2.05, 4.69) is 0 Å². The second kappa shape index (κ2) is 10.2. The lowest BCUT2D eigenvalue weighted by Gasteiger charge is -2.39. The van der Waals surface area contributed by atoms with Gasteiger partial charge in [0.2, 0.25) is 0 Å². The standard InChI is InChI=1S/C27H37N3O5/c1-19(2)28(6)24(32)22-17-30(23(31)16-21(22)20-10-8-7-9-11-20)18-27(34)12-14-29(15-13-27)25(33)35-26(3,4)5/h7-11,16-17,19,34H,12-15,18H2,1-6H3. The van der Waals surface area contributed by atoms with Crippen LogP contribution >= 0.6 is 0 Å². The van der Waals surface area contributed by atoms with Crippen molar-refractivity contribution in [2.24, 2.45) is 0 Å². The van der Waals surface area contributed by atoms with Crippen molar-refractivity contribution < 1.29 is 19.4 Å². The molecule has 1 aromatic heterocycles. The predicted octanol–water partition coefficient (Wildman–Crippen LogP) is 3.76. The maximum atomic E-state index is 13.3. The SMILES string of the molecule is CC(C)N(C)C(=O)c1cn(CC2(O)CCN(C(=O)OC(C)(C)C)CC2)c(=O)cc1-c1ccccc1. The largest absolute Gasteiger partial charge is 0.444 e. The van der Waals surface area contributed by atoms with E-state index >= 15 is 0 Å². The second-order valence-electron chi connectivity index (χ2n) is 10.6. The number of aliphatic hydroxyl groups is 1. The van der Waals surface area contributed by atoms with Crippen LogP contribution in [0.25, 0.3) is 11.1 Å². The highest BCUT2D eigenvalue weighted by molar-refractivity contribution is 6.00. The van der Waals surface area contributed by atoms with Gasteiger partial charge < -0.3 is 24.2 Å². The first-order valence-corrected chi connectivity index (χ1v) is 12.1. The third-order valence-corrected chi connectivity index (χ3v) is 6.35. The first-order chi connectivity index (χ1) is 16.3. The van der Waals surface area contributed by atoms with Gasteiger partial charge >= 0.3 is 6.09 Å². The molecule has 1 aromatic carbocycles. The molecule has 8 nitrogen and oxygen atoms in total. The normalized spacial score (nSPS) is 15.7. The van der Waals surface area contributed by atoms with Crippen molar-refractivity contribution in [2.45, 2.75) is 71.2 Å². The minimum Gasteiger partial charge on any atom is -0.444 e. The van der Waals surface area contributed by atoms with Crippen molar-refractivity contribution in [3.8, 4) is 11.1 Å². The maximum absolute atomic E-state index is 13.3. The molecule has 1 saturated heterocycles. The number of pyridine rings is 1. The molecule has 0 spiro atoms. The zero-order valence-corrected chi connectivity index (χ0v) is 21.6. The zero-order chi connectivity index (χ0) is 26.0. The molecule has 1 aliphatic rings. The first-order valence-electron chi connectivity index (χ1n) is 12.1. The van der Waals surface area contributed by atoms with Gasteiger partial charge in [0.05, 0.1) is 17.7 Å². The number of amides is 2. The van der Waals surface area contributed by atoms with Crippen LogP contribution in [0.1, 0.15) is 57.8 Å². The van der Waals surface area contributed by atoms with E-state index in [1.54, 1.807) is 23.0 Å². The predicted molar refractivity (Wildman–Crippen MR) is 135 cm³/mol. The smallest absolute Gasteiger partial charge is 0.410 e. The minimum absolute atomic E-state index is 0.0205. The fourth-order valence-corrected chi connectivity index (χ4v) is 4.06. The third kappa shape index (κ3) is 6.51. The monoisotopic (exact) mass is 483 g/mol. The summed E-state index contributed by atoms with van der Waals surface area (Å²) in [6.07, 6.45) is 1.75. The number of hydrogen-bond donors (Lipinski definition) is 1. The molecule has 8 heteroatoms. The lowest BCUT2D eigenvalue weighted by molar-refractivity contribution is -0.0419. The highest BCUT2D eigenvalue weighted by Crippen LogP contribution is 2.27. The molecule has 2 aromatic rings. The summed E-state index contributed by atoms with van der Waals surface area (Å²) in [4.78, 5) is 42.0. The van der Waals surface area contributed by atoms with Crippen LogP contribution in [0.3, 0.4) is 0 Å². The molecule has 0 aliphatic carbocycles. The second-order valence-corrected chi connectivity index (χ2v) is 10.6. The molecule has 35 heavy (non-hydrogen) atoms. The summed E-state index contributed by atoms with van der Waals surface area (Å²) >= 11 is 0. The lowest BCUT2D eigenvalue weighted by atomic mass is 9.91. The Kier molecular flexibility index (Phi) is 7.74. The van der Waals surface area contributed by atoms with Crippen LogP contribution in [-0.2, 0) is 11.3 Å². The van der Waals surface area contributed by atoms with Crippen molar-refractivity contribution >= 4 is 12.0 Å². The van der Waals surface area contributed by atoms with Gasteiger partial charge in [-0.3, -0.25) is 9.59 Å². The highest BCUT2D eigenvalue weighted by Gasteiger charge is 2.36. The average molecular weight is 484 g/mol. The van der Waals surface area contributed by atoms with E-state index in [4.69, 9.17) is 4.74 Å². The van der Waals surface area contributed by atoms with Crippen LogP contribution < -0.4 is 5.56 Å². The molecule has 1 fully saturated rings. The fourth-order valence-electron chi connectivity index (χ4n) is 4.06. The summed E-state index contributed by atoms with van der Waals surface area (Å²) in [7, 11) is 1.73. The Hall–Kier alpha value is -3.13. The summed E-state index contributed by atoms with van der Waals surface area (Å²) in [5.74, 6) is -0.195. The molecule has 0 bridgehead atoms. The van der Waals surface area contributed by atoms with Crippen LogP contribution in [0.2, 0.25) is 0 Å². The fraction of sp³-hybridized carbons (Fsp3) is 0.519. The van der Waals surface area contributed by atoms with Gasteiger partial charge in [0, 0.05) is 44.0 Å². The Bertz CT molecular complexity index is 1110. The van der Waals surface area contributed by atoms with E-state index in [1.807, 2.05) is 65.0 Å². The number of carbonyl (C=O) groups excluding carboxylic acids is 2. The molecule has 2 amide bonds. The summed E-state index contributed by atoms with van der Waals surface area (Å²) in [6.45, 7) is 9.97. The summed E-state index contributed by atoms with van der Waals surface area (Å²) < 4.78 is 6.84. The minimum atomic E-state index is -1.18. The zero-order valence-electron chi connectivity index (χ0n) is 21.6. The van der Waals surface area contributed by atoms with E-state index in [0.29, 0.717) is 37.1 Å². The maximum Gasteiger partial charge on any atom is 0.410 e. The lowest BCUT2D eigenvalue weighted by Crippen LogP contribution is -2.50. The van der Waals surface area contributed by atoms with Crippen molar-refractivity contribution in [3.63, 3.8) is 0 Å². The van der Waals surface area contributed by atoms with Gasteiger partial charge in [0.15, 0.2) is 0 Å². The van der Waals surface area contributed by atoms with Crippen molar-refractivity contribution in [1.82, 2.24) is 14.4 Å². The van der Waals surface area contributed by atoms with E-state index in [9.17, 15) is 19.5 Å². The Morgan fingerprint density at radius 1 is 1.14 bits per heavy atom. The number of ether oxygens (including phenoxy) is 1. The van der Waals surface area contributed by atoms with Crippen molar-refractivity contribution in [2.75, 3.05) is 20.1 Å². The molecule has 0 unspecified atom stereocenters. The van der Waals surface area contributed by atoms with E-state index in [-0.39, 0.29) is 24.1 Å². The molecule has 1 N–H and O–H groups in total. The molecule has 0 saturated carbocycles. The number of piperidine rings is 1. The van der Waals surface area contributed by atoms with E-state index in [0.717, 1.165) is 5.56 Å². The van der Waals surface area contributed by atoms with Gasteiger partial charge in [-0.05, 0) is 53.0 Å². The van der Waals surface area contributed by atoms with E-state index < -0.39 is 17.3 Å². The Morgan fingerprint density at radius 3 is 2.29 bits per heavy atom. The molecular formula is C27H37N3O5. The molecule has 3 rings (SSSR count). The Labute approximate surface area is 207 Å². The first kappa shape index (κ1) is 26.5. The quantitative estimate of drug-likeness (QED) is 0.699. The van der Waals surface area contributed by atoms with Gasteiger partial charge in [0.1, 0.15) is 5.60 Å².